The minimum Gasteiger partial charge on any atom is -0.298 e. The third-order valence-electron chi connectivity index (χ3n) is 4.46. The normalized spacial score (nSPS) is 54.6. The van der Waals surface area contributed by atoms with E-state index in [0.29, 0.717) is 11.7 Å². The molecule has 2 rings (SSSR count). The van der Waals surface area contributed by atoms with Crippen LogP contribution in [-0.2, 0) is 4.79 Å². The van der Waals surface area contributed by atoms with Gasteiger partial charge in [-0.15, -0.1) is 0 Å². The highest BCUT2D eigenvalue weighted by atomic mass is 127. The summed E-state index contributed by atoms with van der Waals surface area (Å²) < 4.78 is 1.10. The fraction of sp³-hybridized carbons (Fsp3) is 0.900. The molecule has 3 heteroatoms. The minimum atomic E-state index is -0.0486. The Morgan fingerprint density at radius 2 is 2.23 bits per heavy atom. The third kappa shape index (κ3) is 1.01. The summed E-state index contributed by atoms with van der Waals surface area (Å²) in [5, 5.41) is 0. The van der Waals surface area contributed by atoms with Crippen LogP contribution >= 0.6 is 38.5 Å². The predicted molar refractivity (Wildman–Crippen MR) is 65.5 cm³/mol. The molecule has 0 unspecified atom stereocenters. The number of hydrogen-bond donors (Lipinski definition) is 0. The number of hydrogen-bond acceptors (Lipinski definition) is 1. The van der Waals surface area contributed by atoms with Gasteiger partial charge >= 0.3 is 0 Å². The lowest BCUT2D eigenvalue weighted by molar-refractivity contribution is -0.127. The Bertz CT molecular complexity index is 268. The van der Waals surface area contributed by atoms with Crippen LogP contribution < -0.4 is 0 Å². The van der Waals surface area contributed by atoms with E-state index in [1.54, 1.807) is 0 Å². The molecule has 2 aliphatic carbocycles. The molecule has 0 aromatic heterocycles. The van der Waals surface area contributed by atoms with Crippen LogP contribution in [0.5, 0.6) is 0 Å². The van der Waals surface area contributed by atoms with Gasteiger partial charge in [0.1, 0.15) is 0 Å². The molecule has 0 saturated heterocycles. The maximum absolute atomic E-state index is 12.0. The van der Waals surface area contributed by atoms with Crippen LogP contribution in [0.3, 0.4) is 0 Å². The van der Waals surface area contributed by atoms with Crippen molar-refractivity contribution in [3.05, 3.63) is 0 Å². The van der Waals surface area contributed by atoms with E-state index in [-0.39, 0.29) is 15.7 Å². The van der Waals surface area contributed by atoms with Crippen LogP contribution in [0.15, 0.2) is 0 Å². The van der Waals surface area contributed by atoms with Crippen LogP contribution in [0.4, 0.5) is 0 Å². The third-order valence-corrected chi connectivity index (χ3v) is 7.10. The highest BCUT2D eigenvalue weighted by Gasteiger charge is 2.67. The second-order valence-electron chi connectivity index (χ2n) is 4.79. The van der Waals surface area contributed by atoms with Gasteiger partial charge in [0.05, 0.1) is 4.83 Å². The SMILES string of the molecule is C[C@@]12CC[C@@H]([C@H](Br)C1=O)[C@@]2(C)CI. The van der Waals surface area contributed by atoms with E-state index in [1.165, 1.54) is 6.42 Å². The quantitative estimate of drug-likeness (QED) is 0.521. The smallest absolute Gasteiger partial charge is 0.153 e. The monoisotopic (exact) mass is 356 g/mol. The molecular formula is C10H14BrIO. The molecule has 0 aromatic rings. The van der Waals surface area contributed by atoms with E-state index in [2.05, 4.69) is 52.4 Å². The number of carbonyl (C=O) groups is 1. The molecule has 13 heavy (non-hydrogen) atoms. The Hall–Kier alpha value is 0.880. The highest BCUT2D eigenvalue weighted by molar-refractivity contribution is 14.1. The number of alkyl halides is 2. The van der Waals surface area contributed by atoms with Crippen molar-refractivity contribution in [1.82, 2.24) is 0 Å². The van der Waals surface area contributed by atoms with E-state index >= 15 is 0 Å². The Kier molecular flexibility index (Phi) is 2.35. The molecule has 0 radical (unpaired) electrons. The molecule has 4 atom stereocenters. The average molecular weight is 357 g/mol. The van der Waals surface area contributed by atoms with Gasteiger partial charge in [-0.3, -0.25) is 4.79 Å². The molecule has 74 valence electrons. The molecule has 0 N–H and O–H groups in total. The number of fused-ring (bicyclic) bond motifs is 2. The zero-order valence-electron chi connectivity index (χ0n) is 7.94. The van der Waals surface area contributed by atoms with Gasteiger partial charge in [-0.05, 0) is 24.2 Å². The largest absolute Gasteiger partial charge is 0.298 e. The Morgan fingerprint density at radius 1 is 1.62 bits per heavy atom. The van der Waals surface area contributed by atoms with Crippen molar-refractivity contribution in [2.75, 3.05) is 4.43 Å². The Morgan fingerprint density at radius 3 is 2.54 bits per heavy atom. The summed E-state index contributed by atoms with van der Waals surface area (Å²) >= 11 is 5.99. The van der Waals surface area contributed by atoms with Gasteiger partial charge < -0.3 is 0 Å². The first-order valence-corrected chi connectivity index (χ1v) is 7.16. The van der Waals surface area contributed by atoms with E-state index in [9.17, 15) is 4.79 Å². The molecular weight excluding hydrogens is 343 g/mol. The zero-order chi connectivity index (χ0) is 9.85. The van der Waals surface area contributed by atoms with Crippen molar-refractivity contribution < 1.29 is 4.79 Å². The van der Waals surface area contributed by atoms with Gasteiger partial charge in [-0.1, -0.05) is 52.4 Å². The summed E-state index contributed by atoms with van der Waals surface area (Å²) in [5.74, 6) is 1.02. The van der Waals surface area contributed by atoms with Crippen molar-refractivity contribution in [3.63, 3.8) is 0 Å². The lowest BCUT2D eigenvalue weighted by Crippen LogP contribution is -2.36. The van der Waals surface area contributed by atoms with Crippen LogP contribution in [0.2, 0.25) is 0 Å². The van der Waals surface area contributed by atoms with Crippen molar-refractivity contribution in [2.45, 2.75) is 31.5 Å². The minimum absolute atomic E-state index is 0.0486. The van der Waals surface area contributed by atoms with Crippen LogP contribution in [0.1, 0.15) is 26.7 Å². The second-order valence-corrected chi connectivity index (χ2v) is 6.54. The summed E-state index contributed by atoms with van der Waals surface area (Å²) in [5.41, 5.74) is 0.186. The van der Waals surface area contributed by atoms with Gasteiger partial charge in [-0.25, -0.2) is 0 Å². The predicted octanol–water partition coefficient (Wildman–Crippen LogP) is 3.19. The number of Topliss-reactive ketones (excluding diaryl/α,β-unsaturated/α-hetero) is 1. The molecule has 0 spiro atoms. The van der Waals surface area contributed by atoms with Crippen molar-refractivity contribution in [3.8, 4) is 0 Å². The van der Waals surface area contributed by atoms with Crippen molar-refractivity contribution >= 4 is 44.3 Å². The van der Waals surface area contributed by atoms with Crippen LogP contribution in [-0.4, -0.2) is 15.0 Å². The Labute approximate surface area is 101 Å². The maximum atomic E-state index is 12.0. The van der Waals surface area contributed by atoms with E-state index in [1.807, 2.05) is 0 Å². The topological polar surface area (TPSA) is 17.1 Å². The zero-order valence-corrected chi connectivity index (χ0v) is 11.7. The molecule has 0 heterocycles. The average Bonchev–Trinajstić information content (AvgIpc) is 2.44. The summed E-state index contributed by atoms with van der Waals surface area (Å²) in [6.07, 6.45) is 2.32. The highest BCUT2D eigenvalue weighted by Crippen LogP contribution is 2.65. The molecule has 0 aliphatic heterocycles. The van der Waals surface area contributed by atoms with Crippen molar-refractivity contribution in [1.29, 1.82) is 0 Å². The number of carbonyl (C=O) groups excluding carboxylic acids is 1. The lowest BCUT2D eigenvalue weighted by Gasteiger charge is -2.34. The van der Waals surface area contributed by atoms with Gasteiger partial charge in [0.25, 0.3) is 0 Å². The molecule has 2 aliphatic rings. The van der Waals surface area contributed by atoms with Crippen molar-refractivity contribution in [2.24, 2.45) is 16.7 Å². The molecule has 0 amide bonds. The first-order chi connectivity index (χ1) is 5.97. The van der Waals surface area contributed by atoms with Gasteiger partial charge in [-0.2, -0.15) is 0 Å². The first-order valence-electron chi connectivity index (χ1n) is 4.72. The van der Waals surface area contributed by atoms with E-state index < -0.39 is 0 Å². The van der Waals surface area contributed by atoms with E-state index in [4.69, 9.17) is 0 Å². The summed E-state index contributed by atoms with van der Waals surface area (Å²) in [7, 11) is 0. The second kappa shape index (κ2) is 2.94. The maximum Gasteiger partial charge on any atom is 0.153 e. The molecule has 2 saturated carbocycles. The van der Waals surface area contributed by atoms with Gasteiger partial charge in [0.15, 0.2) is 5.78 Å². The number of halogens is 2. The Balaban J connectivity index is 2.49. The summed E-state index contributed by atoms with van der Waals surface area (Å²) in [6.45, 7) is 4.45. The molecule has 1 nitrogen and oxygen atoms in total. The lowest BCUT2D eigenvalue weighted by atomic mass is 9.70. The molecule has 2 bridgehead atoms. The fourth-order valence-corrected chi connectivity index (χ4v) is 5.83. The summed E-state index contributed by atoms with van der Waals surface area (Å²) in [4.78, 5) is 12.1. The van der Waals surface area contributed by atoms with Gasteiger partial charge in [0, 0.05) is 9.84 Å². The van der Waals surface area contributed by atoms with E-state index in [0.717, 1.165) is 10.8 Å². The molecule has 0 aromatic carbocycles. The van der Waals surface area contributed by atoms with Crippen LogP contribution in [0, 0.1) is 16.7 Å². The molecule has 2 fully saturated rings. The fourth-order valence-electron chi connectivity index (χ4n) is 3.07. The van der Waals surface area contributed by atoms with Gasteiger partial charge in [0.2, 0.25) is 0 Å². The number of ketones is 1. The van der Waals surface area contributed by atoms with Crippen LogP contribution in [0.25, 0.3) is 0 Å². The first kappa shape index (κ1) is 10.4. The standard InChI is InChI=1S/C10H14BrIO/c1-9-4-3-6(7(11)8(9)13)10(9,2)5-12/h6-7H,3-5H2,1-2H3/t6-,7-,9+,10+/m0/s1. The summed E-state index contributed by atoms with van der Waals surface area (Å²) in [6, 6.07) is 0. The number of rotatable bonds is 1.